The molecule has 658 valence electrons. The molecule has 0 saturated carbocycles. The number of carbonyl (C=O) groups is 6. The average molecular weight is 1770 g/mol. The Hall–Kier alpha value is -2.80. The Morgan fingerprint density at radius 3 is 0.982 bits per heavy atom. The van der Waals surface area contributed by atoms with Crippen LogP contribution in [0.4, 0.5) is 15.3 Å². The molecule has 4 atom stereocenters. The van der Waals surface area contributed by atoms with Crippen LogP contribution in [0.3, 0.4) is 0 Å². The number of benzene rings is 1. The summed E-state index contributed by atoms with van der Waals surface area (Å²) in [7, 11) is 15.8. The number of carbonyl (C=O) groups excluding carboxylic acids is 5. The monoisotopic (exact) mass is 1770 g/mol. The van der Waals surface area contributed by atoms with Crippen LogP contribution >= 0.6 is 86.4 Å². The molecular weight excluding hydrogens is 1640 g/mol. The average Bonchev–Trinajstić information content (AvgIpc) is 1.32. The molecular formula is C72H131N7O26S8. The number of ether oxygens (including phenoxy) is 15. The van der Waals surface area contributed by atoms with Crippen LogP contribution in [0.2, 0.25) is 0 Å². The second kappa shape index (κ2) is 84.2. The summed E-state index contributed by atoms with van der Waals surface area (Å²) in [4.78, 5) is 77.6. The summed E-state index contributed by atoms with van der Waals surface area (Å²) in [6.45, 7) is 12.9. The largest absolute Gasteiger partial charge is 0.513 e. The molecule has 41 heteroatoms. The lowest BCUT2D eigenvalue weighted by Crippen LogP contribution is -2.31. The number of rotatable bonds is 67. The fourth-order valence-corrected chi connectivity index (χ4v) is 21.6. The summed E-state index contributed by atoms with van der Waals surface area (Å²) in [6, 6.07) is 5.08. The number of nitrogens with zero attached hydrogens (tertiary/aromatic N) is 1. The molecule has 4 heterocycles. The predicted molar refractivity (Wildman–Crippen MR) is 451 cm³/mol. The lowest BCUT2D eigenvalue weighted by atomic mass is 10.1. The molecule has 0 radical (unpaired) electrons. The number of hydrogen-bond acceptors (Lipinski definition) is 35. The zero-order valence-electron chi connectivity index (χ0n) is 65.8. The SMILES string of the molecule is NCCOCCOCCOCCO.NNC(=O)OCCOCCOCCOCCNC(=O)CCCCC1CCSS1.O=C(CCCCC1CCSS1)NCCOCCOCCOCCO.O=C(CCCCC1CCSS1)NCCOCCOCCOCCOC(=O)Oc1ccc([N+](=O)[O-])cc1.O=C(O)CCCCC1CCSS1. The second-order valence-electron chi connectivity index (χ2n) is 24.6. The van der Waals surface area contributed by atoms with Crippen LogP contribution in [0, 0.1) is 10.1 Å². The number of nitro groups is 1. The quantitative estimate of drug-likeness (QED) is 0.00429. The van der Waals surface area contributed by atoms with Gasteiger partial charge in [-0.1, -0.05) is 112 Å². The molecule has 4 aliphatic heterocycles. The maximum Gasteiger partial charge on any atom is 0.513 e. The molecule has 0 aromatic heterocycles. The number of amides is 4. The molecule has 4 amide bonds. The first-order chi connectivity index (χ1) is 55.3. The van der Waals surface area contributed by atoms with Gasteiger partial charge in [-0.05, 0) is 89.2 Å². The van der Waals surface area contributed by atoms with E-state index < -0.39 is 23.1 Å². The van der Waals surface area contributed by atoms with Gasteiger partial charge in [-0.3, -0.25) is 34.7 Å². The molecule has 4 unspecified atom stereocenters. The van der Waals surface area contributed by atoms with Gasteiger partial charge in [0, 0.05) is 108 Å². The van der Waals surface area contributed by atoms with Gasteiger partial charge in [0.1, 0.15) is 19.0 Å². The summed E-state index contributed by atoms with van der Waals surface area (Å²) in [5.41, 5.74) is 6.97. The minimum absolute atomic E-state index is 0.000601. The highest BCUT2D eigenvalue weighted by atomic mass is 33.1. The number of non-ortho nitro benzene ring substituents is 1. The van der Waals surface area contributed by atoms with Crippen LogP contribution in [0.15, 0.2) is 24.3 Å². The molecule has 1 aromatic carbocycles. The number of nitro benzene ring substituents is 1. The van der Waals surface area contributed by atoms with E-state index in [2.05, 4.69) is 20.7 Å². The molecule has 0 bridgehead atoms. The Morgan fingerprint density at radius 2 is 0.699 bits per heavy atom. The van der Waals surface area contributed by atoms with E-state index in [0.29, 0.717) is 197 Å². The summed E-state index contributed by atoms with van der Waals surface area (Å²) < 4.78 is 77.4. The number of aliphatic hydroxyl groups excluding tert-OH is 2. The van der Waals surface area contributed by atoms with E-state index in [-0.39, 0.29) is 68.8 Å². The van der Waals surface area contributed by atoms with Crippen LogP contribution < -0.4 is 37.7 Å². The van der Waals surface area contributed by atoms with Crippen molar-refractivity contribution in [2.24, 2.45) is 11.6 Å². The zero-order valence-corrected chi connectivity index (χ0v) is 72.3. The maximum absolute atomic E-state index is 11.8. The number of aliphatic carboxylic acids is 1. The highest BCUT2D eigenvalue weighted by Crippen LogP contribution is 2.42. The Labute approximate surface area is 700 Å². The number of carboxylic acids is 1. The number of nitrogens with two attached hydrogens (primary N) is 2. The fourth-order valence-electron chi connectivity index (χ4n) is 9.49. The van der Waals surface area contributed by atoms with Gasteiger partial charge in [0.05, 0.1) is 177 Å². The van der Waals surface area contributed by atoms with Crippen molar-refractivity contribution in [2.75, 3.05) is 234 Å². The second-order valence-corrected chi connectivity index (χ2v) is 35.7. The van der Waals surface area contributed by atoms with Crippen LogP contribution in [0.5, 0.6) is 5.75 Å². The minimum atomic E-state index is -0.921. The molecule has 33 nitrogen and oxygen atoms in total. The van der Waals surface area contributed by atoms with E-state index in [0.717, 1.165) is 72.4 Å². The van der Waals surface area contributed by atoms with Crippen LogP contribution in [0.1, 0.15) is 128 Å². The molecule has 11 N–H and O–H groups in total. The van der Waals surface area contributed by atoms with E-state index in [1.54, 1.807) is 0 Å². The number of hydrogen-bond donors (Lipinski definition) is 9. The molecule has 4 fully saturated rings. The van der Waals surface area contributed by atoms with E-state index in [1.165, 1.54) is 98.6 Å². The molecule has 113 heavy (non-hydrogen) atoms. The molecule has 0 spiro atoms. The standard InChI is InChI=1S/C23H34N2O9S2.C17H33N3O6S2.C16H31NO5S2.C8H19NO4.C8H14O2S2/c26-22(4-2-1-3-21-9-18-35-36-21)24-10-11-30-12-13-31-14-15-32-16-17-33-23(27)34-20-7-5-19(6-8-20)25(28)29;18-20-17(22)26-13-12-25-11-10-24-9-8-23-7-6-19-16(21)4-2-1-3-15-5-14-27-28-15;18-7-9-21-11-13-22-12-10-20-8-6-17-16(19)4-2-1-3-15-5-14-23-24-15;9-1-3-11-5-7-13-8-6-12-4-2-10;9-8(10)4-2-1-3-7-5-6-11-12-7/h5-8,21H,1-4,9-18H2,(H,24,26);15H,1-14,18H2,(H,19,21)(H,20,22);15,18H,1-14H2,(H,17,19);10H,1-9H2;7H,1-6H2,(H,9,10). The Balaban J connectivity index is 0.000000745. The number of aliphatic hydroxyl groups is 2. The topological polar surface area (TPSA) is 445 Å². The molecule has 1 aromatic rings. The summed E-state index contributed by atoms with van der Waals surface area (Å²) >= 11 is 0. The lowest BCUT2D eigenvalue weighted by molar-refractivity contribution is -0.384. The van der Waals surface area contributed by atoms with E-state index in [9.17, 15) is 38.9 Å². The first-order valence-corrected chi connectivity index (χ1v) is 48.5. The Kier molecular flexibility index (Phi) is 80.7. The Morgan fingerprint density at radius 1 is 0.407 bits per heavy atom. The van der Waals surface area contributed by atoms with Gasteiger partial charge >= 0.3 is 18.2 Å². The van der Waals surface area contributed by atoms with E-state index >= 15 is 0 Å². The highest BCUT2D eigenvalue weighted by Gasteiger charge is 2.20. The maximum atomic E-state index is 11.8. The van der Waals surface area contributed by atoms with Crippen molar-refractivity contribution < 1.29 is 120 Å². The number of carboxylic acid groups (broad SMARTS) is 1. The van der Waals surface area contributed by atoms with Crippen LogP contribution in [-0.4, -0.2) is 311 Å². The predicted octanol–water partition coefficient (Wildman–Crippen LogP) is 9.09. The number of hydrazine groups is 1. The number of nitrogens with one attached hydrogen (secondary N) is 4. The van der Waals surface area contributed by atoms with Crippen molar-refractivity contribution in [3.63, 3.8) is 0 Å². The normalized spacial score (nSPS) is 16.1. The first-order valence-electron chi connectivity index (χ1n) is 39.0. The van der Waals surface area contributed by atoms with Gasteiger partial charge in [0.25, 0.3) is 5.69 Å². The van der Waals surface area contributed by atoms with E-state index in [4.69, 9.17) is 93.2 Å². The van der Waals surface area contributed by atoms with Crippen molar-refractivity contribution in [1.82, 2.24) is 21.4 Å². The third-order valence-electron chi connectivity index (χ3n) is 15.3. The van der Waals surface area contributed by atoms with Crippen LogP contribution in [-0.2, 0) is 85.5 Å². The molecule has 4 saturated heterocycles. The molecule has 4 aliphatic rings. The van der Waals surface area contributed by atoms with Crippen molar-refractivity contribution in [1.29, 1.82) is 0 Å². The highest BCUT2D eigenvalue weighted by molar-refractivity contribution is 8.78. The van der Waals surface area contributed by atoms with Crippen molar-refractivity contribution in [2.45, 2.75) is 149 Å². The summed E-state index contributed by atoms with van der Waals surface area (Å²) in [6.07, 6.45) is 18.7. The van der Waals surface area contributed by atoms with Crippen LogP contribution in [0.25, 0.3) is 0 Å². The third kappa shape index (κ3) is 76.4. The van der Waals surface area contributed by atoms with E-state index in [1.807, 2.05) is 91.8 Å². The van der Waals surface area contributed by atoms with Crippen molar-refractivity contribution in [3.8, 4) is 5.75 Å². The van der Waals surface area contributed by atoms with Gasteiger partial charge in [-0.15, -0.1) is 0 Å². The van der Waals surface area contributed by atoms with Gasteiger partial charge in [0.2, 0.25) is 17.7 Å². The lowest BCUT2D eigenvalue weighted by Gasteiger charge is -2.09. The number of unbranched alkanes of at least 4 members (excludes halogenated alkanes) is 4. The zero-order chi connectivity index (χ0) is 82.0. The van der Waals surface area contributed by atoms with Gasteiger partial charge in [0.15, 0.2) is 0 Å². The third-order valence-corrected chi connectivity index (χ3v) is 27.3. The van der Waals surface area contributed by atoms with Gasteiger partial charge < -0.3 is 108 Å². The summed E-state index contributed by atoms with van der Waals surface area (Å²) in [5.74, 6) is 9.68. The van der Waals surface area contributed by atoms with Gasteiger partial charge in [-0.2, -0.15) is 0 Å². The molecule has 0 aliphatic carbocycles. The van der Waals surface area contributed by atoms with Gasteiger partial charge in [-0.25, -0.2) is 15.4 Å². The van der Waals surface area contributed by atoms with Crippen molar-refractivity contribution in [3.05, 3.63) is 34.4 Å². The van der Waals surface area contributed by atoms with Crippen molar-refractivity contribution >= 4 is 128 Å². The smallest absolute Gasteiger partial charge is 0.481 e. The first kappa shape index (κ1) is 108. The molecule has 5 rings (SSSR count). The minimum Gasteiger partial charge on any atom is -0.481 e. The fraction of sp³-hybridized carbons (Fsp3) is 0.833. The summed E-state index contributed by atoms with van der Waals surface area (Å²) in [5, 5.41) is 47.6. The Bertz CT molecular complexity index is 2390.